The van der Waals surface area contributed by atoms with Gasteiger partial charge in [0.15, 0.2) is 0 Å². The zero-order chi connectivity index (χ0) is 15.6. The molecule has 0 aliphatic carbocycles. The Morgan fingerprint density at radius 1 is 1.52 bits per heavy atom. The third-order valence-corrected chi connectivity index (χ3v) is 5.89. The topological polar surface area (TPSA) is 81.4 Å². The van der Waals surface area contributed by atoms with Gasteiger partial charge in [0.2, 0.25) is 10.0 Å². The van der Waals surface area contributed by atoms with Crippen molar-refractivity contribution in [2.24, 2.45) is 5.92 Å². The van der Waals surface area contributed by atoms with Gasteiger partial charge in [-0.25, -0.2) is 12.8 Å². The average Bonchev–Trinajstić information content (AvgIpc) is 2.46. The third-order valence-electron chi connectivity index (χ3n) is 3.93. The van der Waals surface area contributed by atoms with E-state index in [0.717, 1.165) is 12.5 Å². The summed E-state index contributed by atoms with van der Waals surface area (Å²) in [6.07, 6.45) is 1.50. The highest BCUT2D eigenvalue weighted by molar-refractivity contribution is 7.89. The number of sulfonamides is 1. The Morgan fingerprint density at radius 2 is 2.24 bits per heavy atom. The highest BCUT2D eigenvalue weighted by atomic mass is 32.2. The van der Waals surface area contributed by atoms with Crippen LogP contribution in [0.25, 0.3) is 0 Å². The lowest BCUT2D eigenvalue weighted by atomic mass is 9.93. The largest absolute Gasteiger partial charge is 0.395 e. The van der Waals surface area contributed by atoms with Crippen molar-refractivity contribution in [3.63, 3.8) is 0 Å². The molecule has 1 N–H and O–H groups in total. The summed E-state index contributed by atoms with van der Waals surface area (Å²) in [5.74, 6) is -0.846. The first-order valence-electron chi connectivity index (χ1n) is 6.74. The Labute approximate surface area is 123 Å². The molecule has 2 atom stereocenters. The monoisotopic (exact) mass is 312 g/mol. The maximum absolute atomic E-state index is 13.6. The predicted octanol–water partition coefficient (Wildman–Crippen LogP) is 1.48. The summed E-state index contributed by atoms with van der Waals surface area (Å²) in [5, 5.41) is 18.5. The number of piperidine rings is 1. The second kappa shape index (κ2) is 6.10. The van der Waals surface area contributed by atoms with Gasteiger partial charge in [0.1, 0.15) is 22.3 Å². The molecule has 1 heterocycles. The van der Waals surface area contributed by atoms with Crippen LogP contribution in [0, 0.1) is 23.1 Å². The van der Waals surface area contributed by atoms with Crippen LogP contribution in [-0.4, -0.2) is 37.0 Å². The van der Waals surface area contributed by atoms with Crippen molar-refractivity contribution >= 4 is 10.0 Å². The molecule has 1 aromatic rings. The number of nitrogens with zero attached hydrogens (tertiary/aromatic N) is 2. The quantitative estimate of drug-likeness (QED) is 0.916. The second-order valence-corrected chi connectivity index (χ2v) is 7.07. The van der Waals surface area contributed by atoms with Gasteiger partial charge in [-0.3, -0.25) is 0 Å². The Morgan fingerprint density at radius 3 is 2.86 bits per heavy atom. The summed E-state index contributed by atoms with van der Waals surface area (Å²) in [6.45, 7) is 1.84. The van der Waals surface area contributed by atoms with Gasteiger partial charge in [-0.05, 0) is 30.9 Å². The van der Waals surface area contributed by atoms with Crippen molar-refractivity contribution in [1.29, 1.82) is 5.26 Å². The molecule has 0 amide bonds. The van der Waals surface area contributed by atoms with Gasteiger partial charge in [0, 0.05) is 6.54 Å². The molecule has 1 fully saturated rings. The highest BCUT2D eigenvalue weighted by Crippen LogP contribution is 2.30. The molecule has 0 bridgehead atoms. The lowest BCUT2D eigenvalue weighted by Crippen LogP contribution is -2.49. The maximum atomic E-state index is 13.6. The molecule has 1 aliphatic heterocycles. The Bertz CT molecular complexity index is 669. The summed E-state index contributed by atoms with van der Waals surface area (Å²) in [4.78, 5) is -0.336. The van der Waals surface area contributed by atoms with E-state index in [1.165, 1.54) is 16.4 Å². The molecule has 0 radical (unpaired) electrons. The first-order valence-corrected chi connectivity index (χ1v) is 8.18. The lowest BCUT2D eigenvalue weighted by Gasteiger charge is -2.38. The van der Waals surface area contributed by atoms with Crippen LogP contribution in [0.1, 0.15) is 25.3 Å². The molecular formula is C14H17FN2O3S. The number of hydrogen-bond acceptors (Lipinski definition) is 4. The molecule has 7 heteroatoms. The SMILES string of the molecule is CC1CCCN(S(=O)(=O)c2cccc(F)c2C#N)C1CO. The van der Waals surface area contributed by atoms with Crippen LogP contribution in [0.2, 0.25) is 0 Å². The van der Waals surface area contributed by atoms with E-state index in [0.29, 0.717) is 6.42 Å². The van der Waals surface area contributed by atoms with Crippen LogP contribution in [0.4, 0.5) is 4.39 Å². The van der Waals surface area contributed by atoms with Crippen molar-refractivity contribution in [2.75, 3.05) is 13.2 Å². The molecular weight excluding hydrogens is 295 g/mol. The van der Waals surface area contributed by atoms with Crippen molar-refractivity contribution in [1.82, 2.24) is 4.31 Å². The minimum absolute atomic E-state index is 0.0117. The Kier molecular flexibility index (Phi) is 4.61. The number of halogens is 1. The molecule has 2 unspecified atom stereocenters. The van der Waals surface area contributed by atoms with E-state index >= 15 is 0 Å². The molecule has 1 aliphatic rings. The first-order chi connectivity index (χ1) is 9.93. The van der Waals surface area contributed by atoms with Crippen LogP contribution in [-0.2, 0) is 10.0 Å². The van der Waals surface area contributed by atoms with Crippen LogP contribution < -0.4 is 0 Å². The van der Waals surface area contributed by atoms with Gasteiger partial charge in [-0.1, -0.05) is 13.0 Å². The zero-order valence-electron chi connectivity index (χ0n) is 11.7. The predicted molar refractivity (Wildman–Crippen MR) is 74.3 cm³/mol. The van der Waals surface area contributed by atoms with Crippen LogP contribution in [0.5, 0.6) is 0 Å². The molecule has 1 saturated heterocycles. The molecule has 0 spiro atoms. The number of hydrogen-bond donors (Lipinski definition) is 1. The van der Waals surface area contributed by atoms with Gasteiger partial charge in [0.05, 0.1) is 12.6 Å². The Balaban J connectivity index is 2.52. The van der Waals surface area contributed by atoms with Crippen molar-refractivity contribution in [3.05, 3.63) is 29.6 Å². The van der Waals surface area contributed by atoms with Gasteiger partial charge >= 0.3 is 0 Å². The molecule has 2 rings (SSSR count). The van der Waals surface area contributed by atoms with E-state index in [1.54, 1.807) is 6.07 Å². The number of nitriles is 1. The van der Waals surface area contributed by atoms with E-state index in [-0.39, 0.29) is 24.0 Å². The second-order valence-electron chi connectivity index (χ2n) is 5.21. The number of benzene rings is 1. The summed E-state index contributed by atoms with van der Waals surface area (Å²) in [7, 11) is -4.01. The average molecular weight is 312 g/mol. The molecule has 1 aromatic carbocycles. The van der Waals surface area contributed by atoms with Crippen LogP contribution in [0.15, 0.2) is 23.1 Å². The summed E-state index contributed by atoms with van der Waals surface area (Å²) >= 11 is 0. The van der Waals surface area contributed by atoms with Gasteiger partial charge in [0.25, 0.3) is 0 Å². The van der Waals surface area contributed by atoms with Crippen molar-refractivity contribution in [3.8, 4) is 6.07 Å². The molecule has 0 aromatic heterocycles. The fraction of sp³-hybridized carbons (Fsp3) is 0.500. The summed E-state index contributed by atoms with van der Waals surface area (Å²) < 4.78 is 40.3. The standard InChI is InChI=1S/C14H17FN2O3S/c1-10-4-3-7-17(13(10)9-18)21(19,20)14-6-2-5-12(15)11(14)8-16/h2,5-6,10,13,18H,3-4,7,9H2,1H3. The molecule has 21 heavy (non-hydrogen) atoms. The van der Waals surface area contributed by atoms with Gasteiger partial charge in [-0.15, -0.1) is 0 Å². The highest BCUT2D eigenvalue weighted by Gasteiger charge is 2.38. The lowest BCUT2D eigenvalue weighted by molar-refractivity contribution is 0.113. The normalized spacial score (nSPS) is 23.7. The van der Waals surface area contributed by atoms with Crippen molar-refractivity contribution < 1.29 is 17.9 Å². The van der Waals surface area contributed by atoms with E-state index in [4.69, 9.17) is 5.26 Å². The minimum Gasteiger partial charge on any atom is -0.395 e. The van der Waals surface area contributed by atoms with Gasteiger partial charge in [-0.2, -0.15) is 9.57 Å². The third kappa shape index (κ3) is 2.79. The van der Waals surface area contributed by atoms with E-state index in [9.17, 15) is 17.9 Å². The zero-order valence-corrected chi connectivity index (χ0v) is 12.5. The summed E-state index contributed by atoms with van der Waals surface area (Å²) in [6, 6.07) is 4.62. The van der Waals surface area contributed by atoms with Crippen molar-refractivity contribution in [2.45, 2.75) is 30.7 Å². The molecule has 5 nitrogen and oxygen atoms in total. The molecule has 114 valence electrons. The van der Waals surface area contributed by atoms with Gasteiger partial charge < -0.3 is 5.11 Å². The first kappa shape index (κ1) is 15.9. The molecule has 0 saturated carbocycles. The smallest absolute Gasteiger partial charge is 0.244 e. The Hall–Kier alpha value is -1.49. The number of aliphatic hydroxyl groups is 1. The fourth-order valence-electron chi connectivity index (χ4n) is 2.73. The van der Waals surface area contributed by atoms with E-state index < -0.39 is 27.4 Å². The van der Waals surface area contributed by atoms with E-state index in [1.807, 2.05) is 6.92 Å². The number of aliphatic hydroxyl groups excluding tert-OH is 1. The van der Waals surface area contributed by atoms with Crippen LogP contribution in [0.3, 0.4) is 0 Å². The fourth-order valence-corrected chi connectivity index (χ4v) is 4.64. The van der Waals surface area contributed by atoms with Crippen LogP contribution >= 0.6 is 0 Å². The number of rotatable bonds is 3. The minimum atomic E-state index is -4.01. The summed E-state index contributed by atoms with van der Waals surface area (Å²) in [5.41, 5.74) is -0.479. The van der Waals surface area contributed by atoms with E-state index in [2.05, 4.69) is 0 Å². The maximum Gasteiger partial charge on any atom is 0.244 e.